The van der Waals surface area contributed by atoms with Gasteiger partial charge < -0.3 is 72.4 Å². The fourth-order valence-corrected chi connectivity index (χ4v) is 5.34. The number of carbonyl (C=O) groups excluding carboxylic acids is 4. The summed E-state index contributed by atoms with van der Waals surface area (Å²) in [6, 6.07) is 0. The van der Waals surface area contributed by atoms with E-state index in [0.717, 1.165) is 0 Å². The van der Waals surface area contributed by atoms with Crippen molar-refractivity contribution in [2.24, 2.45) is 5.41 Å². The van der Waals surface area contributed by atoms with Gasteiger partial charge in [-0.05, 0) is 26.2 Å². The summed E-state index contributed by atoms with van der Waals surface area (Å²) < 4.78 is 66.3. The van der Waals surface area contributed by atoms with Crippen LogP contribution < -0.4 is 5.32 Å². The van der Waals surface area contributed by atoms with E-state index in [1.54, 1.807) is 0 Å². The molecule has 0 aromatic carbocycles. The van der Waals surface area contributed by atoms with Crippen molar-refractivity contribution in [3.05, 3.63) is 0 Å². The summed E-state index contributed by atoms with van der Waals surface area (Å²) in [5, 5.41) is 20.0. The molecule has 0 unspecified atom stereocenters. The van der Waals surface area contributed by atoms with Gasteiger partial charge in [0.25, 0.3) is 0 Å². The summed E-state index contributed by atoms with van der Waals surface area (Å²) in [6.07, 6.45) is 3.33. The molecule has 0 aromatic heterocycles. The second-order valence-corrected chi connectivity index (χ2v) is 15.1. The molecule has 0 heterocycles. The SMILES string of the molecule is CCC(COCCC(=O)CCCOCCOCCOCCC(=O)O)(COCCC(=O)CCCOCCOCCOCCC(=O)O)COCCC(=O)NCCOCCOCCOCCC(C)=O. The number of hydrogen-bond donors (Lipinski definition) is 3. The molecule has 0 rings (SSSR count). The minimum atomic E-state index is -0.912. The number of nitrogens with one attached hydrogen (secondary N) is 1. The summed E-state index contributed by atoms with van der Waals surface area (Å²) in [4.78, 5) is 69.3. The zero-order valence-electron chi connectivity index (χ0n) is 39.7. The minimum Gasteiger partial charge on any atom is -0.481 e. The highest BCUT2D eigenvalue weighted by Gasteiger charge is 2.30. The smallest absolute Gasteiger partial charge is 0.305 e. The first-order chi connectivity index (χ1) is 32.0. The van der Waals surface area contributed by atoms with Crippen LogP contribution in [-0.4, -0.2) is 211 Å². The molecule has 21 nitrogen and oxygen atoms in total. The number of carboxylic acid groups (broad SMARTS) is 2. The van der Waals surface area contributed by atoms with Gasteiger partial charge >= 0.3 is 11.9 Å². The van der Waals surface area contributed by atoms with E-state index >= 15 is 0 Å². The van der Waals surface area contributed by atoms with E-state index in [1.807, 2.05) is 6.92 Å². The summed E-state index contributed by atoms with van der Waals surface area (Å²) in [6.45, 7) is 11.3. The zero-order chi connectivity index (χ0) is 48.6. The standard InChI is InChI=1S/C45H81NO20/c1-3-45(36-64-18-9-40(48)6-4-15-55-24-30-61-33-27-58-21-12-43(51)52,37-65-19-10-41(49)7-5-16-56-25-31-62-34-28-59-22-13-44(53)54)38-66-20-11-42(50)46-14-23-60-29-35-63-32-26-57-17-8-39(2)47/h3-38H2,1-2H3,(H,46,50)(H,51,52)(H,53,54). The molecule has 0 fully saturated rings. The molecule has 0 atom stereocenters. The number of hydrogen-bond acceptors (Lipinski definition) is 18. The molecule has 0 aliphatic carbocycles. The lowest BCUT2D eigenvalue weighted by Crippen LogP contribution is -2.38. The first kappa shape index (κ1) is 62.9. The number of Topliss-reactive ketones (excluding diaryl/α,β-unsaturated/α-hetero) is 3. The Morgan fingerprint density at radius 1 is 0.379 bits per heavy atom. The van der Waals surface area contributed by atoms with E-state index in [0.29, 0.717) is 151 Å². The number of amides is 1. The Morgan fingerprint density at radius 3 is 1.06 bits per heavy atom. The molecule has 0 saturated heterocycles. The highest BCUT2D eigenvalue weighted by atomic mass is 16.6. The predicted molar refractivity (Wildman–Crippen MR) is 238 cm³/mol. The number of ether oxygens (including phenoxy) is 12. The summed E-state index contributed by atoms with van der Waals surface area (Å²) in [7, 11) is 0. The molecule has 0 aliphatic rings. The number of ketones is 3. The van der Waals surface area contributed by atoms with Crippen LogP contribution in [0.1, 0.15) is 84.5 Å². The average molecular weight is 956 g/mol. The van der Waals surface area contributed by atoms with Gasteiger partial charge in [-0.15, -0.1) is 0 Å². The molecular formula is C45H81NO20. The highest BCUT2D eigenvalue weighted by molar-refractivity contribution is 5.78. The maximum Gasteiger partial charge on any atom is 0.305 e. The molecule has 0 aliphatic heterocycles. The molecule has 21 heteroatoms. The van der Waals surface area contributed by atoms with Crippen molar-refractivity contribution < 1.29 is 95.8 Å². The van der Waals surface area contributed by atoms with Crippen molar-refractivity contribution in [3.8, 4) is 0 Å². The van der Waals surface area contributed by atoms with Crippen LogP contribution in [0.5, 0.6) is 0 Å². The number of carboxylic acids is 2. The maximum atomic E-state index is 12.5. The number of carbonyl (C=O) groups is 6. The van der Waals surface area contributed by atoms with Gasteiger partial charge in [-0.3, -0.25) is 28.8 Å². The first-order valence-corrected chi connectivity index (χ1v) is 23.2. The van der Waals surface area contributed by atoms with E-state index < -0.39 is 17.4 Å². The van der Waals surface area contributed by atoms with E-state index in [-0.39, 0.29) is 108 Å². The Bertz CT molecular complexity index is 1080. The predicted octanol–water partition coefficient (Wildman–Crippen LogP) is 2.50. The highest BCUT2D eigenvalue weighted by Crippen LogP contribution is 2.24. The normalized spacial score (nSPS) is 11.5. The topological polar surface area (TPSA) is 266 Å². The summed E-state index contributed by atoms with van der Waals surface area (Å²) in [5.41, 5.74) is -0.583. The van der Waals surface area contributed by atoms with Crippen LogP contribution in [0.2, 0.25) is 0 Å². The monoisotopic (exact) mass is 956 g/mol. The van der Waals surface area contributed by atoms with Gasteiger partial charge in [0.15, 0.2) is 0 Å². The molecule has 66 heavy (non-hydrogen) atoms. The van der Waals surface area contributed by atoms with E-state index in [4.69, 9.17) is 67.1 Å². The first-order valence-electron chi connectivity index (χ1n) is 23.2. The van der Waals surface area contributed by atoms with Crippen LogP contribution in [0.4, 0.5) is 0 Å². The Hall–Kier alpha value is -3.06. The molecule has 0 bridgehead atoms. The fraction of sp³-hybridized carbons (Fsp3) is 0.867. The fourth-order valence-electron chi connectivity index (χ4n) is 5.34. The van der Waals surface area contributed by atoms with Crippen LogP contribution in [0, 0.1) is 5.41 Å². The van der Waals surface area contributed by atoms with Gasteiger partial charge in [-0.25, -0.2) is 0 Å². The molecule has 0 spiro atoms. The van der Waals surface area contributed by atoms with Gasteiger partial charge in [0.05, 0.1) is 158 Å². The van der Waals surface area contributed by atoms with Crippen molar-refractivity contribution in [1.29, 1.82) is 0 Å². The Kier molecular flexibility index (Phi) is 44.8. The van der Waals surface area contributed by atoms with Gasteiger partial charge in [0, 0.05) is 63.7 Å². The van der Waals surface area contributed by atoms with Gasteiger partial charge in [0.1, 0.15) is 17.3 Å². The van der Waals surface area contributed by atoms with Crippen molar-refractivity contribution in [1.82, 2.24) is 5.32 Å². The molecular weight excluding hydrogens is 874 g/mol. The van der Waals surface area contributed by atoms with E-state index in [1.165, 1.54) is 6.92 Å². The molecule has 386 valence electrons. The van der Waals surface area contributed by atoms with Crippen molar-refractivity contribution >= 4 is 35.2 Å². The molecule has 0 aromatic rings. The van der Waals surface area contributed by atoms with Crippen molar-refractivity contribution in [2.75, 3.05) is 165 Å². The number of aliphatic carboxylic acids is 2. The summed E-state index contributed by atoms with van der Waals surface area (Å²) >= 11 is 0. The zero-order valence-corrected chi connectivity index (χ0v) is 39.7. The van der Waals surface area contributed by atoms with Crippen molar-refractivity contribution in [2.45, 2.75) is 84.5 Å². The van der Waals surface area contributed by atoms with Crippen LogP contribution >= 0.6 is 0 Å². The lowest BCUT2D eigenvalue weighted by atomic mass is 9.88. The van der Waals surface area contributed by atoms with Crippen LogP contribution in [0.25, 0.3) is 0 Å². The molecule has 0 saturated carbocycles. The van der Waals surface area contributed by atoms with Gasteiger partial charge in [-0.2, -0.15) is 0 Å². The third-order valence-corrected chi connectivity index (χ3v) is 9.31. The average Bonchev–Trinajstić information content (AvgIpc) is 3.28. The van der Waals surface area contributed by atoms with Gasteiger partial charge in [-0.1, -0.05) is 6.92 Å². The molecule has 0 radical (unpaired) electrons. The maximum absolute atomic E-state index is 12.5. The second kappa shape index (κ2) is 47.0. The van der Waals surface area contributed by atoms with E-state index in [9.17, 15) is 28.8 Å². The number of rotatable bonds is 54. The Balaban J connectivity index is 4.52. The quantitative estimate of drug-likeness (QED) is 0.0740. The lowest BCUT2D eigenvalue weighted by Gasteiger charge is -2.32. The lowest BCUT2D eigenvalue weighted by molar-refractivity contribution is -0.139. The van der Waals surface area contributed by atoms with Crippen molar-refractivity contribution in [3.63, 3.8) is 0 Å². The Labute approximate surface area is 390 Å². The van der Waals surface area contributed by atoms with Gasteiger partial charge in [0.2, 0.25) is 5.91 Å². The van der Waals surface area contributed by atoms with Crippen LogP contribution in [0.15, 0.2) is 0 Å². The second-order valence-electron chi connectivity index (χ2n) is 15.1. The summed E-state index contributed by atoms with van der Waals surface area (Å²) in [5.74, 6) is -1.83. The molecule has 1 amide bonds. The third kappa shape index (κ3) is 46.1. The minimum absolute atomic E-state index is 0.0468. The van der Waals surface area contributed by atoms with E-state index in [2.05, 4.69) is 5.32 Å². The largest absolute Gasteiger partial charge is 0.481 e. The Morgan fingerprint density at radius 2 is 0.697 bits per heavy atom. The van der Waals surface area contributed by atoms with Crippen LogP contribution in [0.3, 0.4) is 0 Å². The molecule has 3 N–H and O–H groups in total. The van der Waals surface area contributed by atoms with Crippen LogP contribution in [-0.2, 0) is 85.6 Å². The third-order valence-electron chi connectivity index (χ3n) is 9.31.